The van der Waals surface area contributed by atoms with Crippen molar-refractivity contribution in [3.05, 3.63) is 52.8 Å². The van der Waals surface area contributed by atoms with E-state index in [9.17, 15) is 0 Å². The summed E-state index contributed by atoms with van der Waals surface area (Å²) in [5.41, 5.74) is 2.59. The predicted molar refractivity (Wildman–Crippen MR) is 73.8 cm³/mol. The number of H-pyrrole nitrogens is 2. The van der Waals surface area contributed by atoms with Crippen molar-refractivity contribution in [3.8, 4) is 22.8 Å². The highest BCUT2D eigenvalue weighted by Gasteiger charge is 2.09. The molecule has 2 heterocycles. The van der Waals surface area contributed by atoms with Crippen LogP contribution in [0.3, 0.4) is 0 Å². The van der Waals surface area contributed by atoms with Crippen LogP contribution in [0, 0.1) is 0 Å². The van der Waals surface area contributed by atoms with E-state index in [-0.39, 0.29) is 0 Å². The van der Waals surface area contributed by atoms with Crippen LogP contribution in [0.4, 0.5) is 0 Å². The molecule has 90 valence electrons. The number of aromatic amines is 2. The average Bonchev–Trinajstić information content (AvgIpc) is 2.99. The molecule has 0 bridgehead atoms. The number of benzene rings is 1. The third kappa shape index (κ3) is 2.03. The summed E-state index contributed by atoms with van der Waals surface area (Å²) in [4.78, 5) is 10.7. The number of nitrogens with zero attached hydrogens (tertiary/aromatic N) is 1. The molecule has 1 aromatic carbocycles. The van der Waals surface area contributed by atoms with Gasteiger partial charge in [0.15, 0.2) is 5.82 Å². The second-order valence-electron chi connectivity index (χ2n) is 3.84. The highest BCUT2D eigenvalue weighted by Crippen LogP contribution is 2.30. The van der Waals surface area contributed by atoms with E-state index in [0.29, 0.717) is 10.0 Å². The summed E-state index contributed by atoms with van der Waals surface area (Å²) in [5, 5.41) is 1.20. The monoisotopic (exact) mass is 277 g/mol. The Morgan fingerprint density at radius 2 is 1.94 bits per heavy atom. The highest BCUT2D eigenvalue weighted by molar-refractivity contribution is 6.36. The Morgan fingerprint density at radius 1 is 1.06 bits per heavy atom. The number of hydrogen-bond donors (Lipinski definition) is 2. The van der Waals surface area contributed by atoms with Gasteiger partial charge in [-0.1, -0.05) is 23.2 Å². The van der Waals surface area contributed by atoms with Crippen molar-refractivity contribution in [2.75, 3.05) is 0 Å². The molecule has 0 saturated heterocycles. The number of rotatable bonds is 2. The Bertz CT molecular complexity index is 671. The van der Waals surface area contributed by atoms with Crippen molar-refractivity contribution in [2.45, 2.75) is 0 Å². The molecule has 3 nitrogen and oxygen atoms in total. The topological polar surface area (TPSA) is 44.5 Å². The van der Waals surface area contributed by atoms with E-state index in [1.54, 1.807) is 12.1 Å². The maximum atomic E-state index is 6.15. The van der Waals surface area contributed by atoms with Crippen molar-refractivity contribution in [1.82, 2.24) is 15.0 Å². The first kappa shape index (κ1) is 11.4. The molecule has 0 aliphatic heterocycles. The Balaban J connectivity index is 2.03. The molecule has 0 fully saturated rings. The molecule has 2 N–H and O–H groups in total. The first-order valence-corrected chi connectivity index (χ1v) is 6.14. The van der Waals surface area contributed by atoms with E-state index in [4.69, 9.17) is 23.2 Å². The smallest absolute Gasteiger partial charge is 0.154 e. The van der Waals surface area contributed by atoms with Crippen molar-refractivity contribution >= 4 is 23.2 Å². The second-order valence-corrected chi connectivity index (χ2v) is 4.69. The largest absolute Gasteiger partial charge is 0.359 e. The van der Waals surface area contributed by atoms with Gasteiger partial charge in [0.2, 0.25) is 0 Å². The summed E-state index contributed by atoms with van der Waals surface area (Å²) < 4.78 is 0. The average molecular weight is 278 g/mol. The van der Waals surface area contributed by atoms with Crippen LogP contribution in [0.5, 0.6) is 0 Å². The van der Waals surface area contributed by atoms with Gasteiger partial charge in [-0.3, -0.25) is 0 Å². The van der Waals surface area contributed by atoms with E-state index in [1.165, 1.54) is 0 Å². The van der Waals surface area contributed by atoms with E-state index in [0.717, 1.165) is 22.8 Å². The maximum Gasteiger partial charge on any atom is 0.154 e. The fourth-order valence-electron chi connectivity index (χ4n) is 1.77. The summed E-state index contributed by atoms with van der Waals surface area (Å²) in [7, 11) is 0. The number of halogens is 2. The van der Waals surface area contributed by atoms with Gasteiger partial charge in [-0.25, -0.2) is 4.98 Å². The van der Waals surface area contributed by atoms with Crippen LogP contribution >= 0.6 is 23.2 Å². The number of imidazole rings is 1. The number of aromatic nitrogens is 3. The summed E-state index contributed by atoms with van der Waals surface area (Å²) in [5.74, 6) is 0.779. The quantitative estimate of drug-likeness (QED) is 0.717. The summed E-state index contributed by atoms with van der Waals surface area (Å²) in [6, 6.07) is 9.24. The fraction of sp³-hybridized carbons (Fsp3) is 0. The van der Waals surface area contributed by atoms with Crippen molar-refractivity contribution in [3.63, 3.8) is 0 Å². The molecule has 0 unspecified atom stereocenters. The van der Waals surface area contributed by atoms with E-state index >= 15 is 0 Å². The number of nitrogens with one attached hydrogen (secondary N) is 2. The van der Waals surface area contributed by atoms with Gasteiger partial charge in [0.05, 0.1) is 16.4 Å². The van der Waals surface area contributed by atoms with E-state index < -0.39 is 0 Å². The maximum absolute atomic E-state index is 6.15. The highest BCUT2D eigenvalue weighted by atomic mass is 35.5. The molecule has 0 aliphatic carbocycles. The minimum atomic E-state index is 0.590. The van der Waals surface area contributed by atoms with Gasteiger partial charge >= 0.3 is 0 Å². The molecule has 0 saturated carbocycles. The lowest BCUT2D eigenvalue weighted by Gasteiger charge is -2.00. The zero-order valence-corrected chi connectivity index (χ0v) is 10.8. The molecule has 2 aromatic heterocycles. The lowest BCUT2D eigenvalue weighted by Crippen LogP contribution is -1.82. The molecule has 3 aromatic rings. The molecule has 0 atom stereocenters. The molecule has 18 heavy (non-hydrogen) atoms. The van der Waals surface area contributed by atoms with Crippen molar-refractivity contribution in [1.29, 1.82) is 0 Å². The Kier molecular flexibility index (Phi) is 2.86. The van der Waals surface area contributed by atoms with Gasteiger partial charge < -0.3 is 9.97 Å². The molecular weight excluding hydrogens is 269 g/mol. The third-order valence-corrected chi connectivity index (χ3v) is 3.19. The fourth-order valence-corrected chi connectivity index (χ4v) is 2.28. The zero-order chi connectivity index (χ0) is 12.5. The minimum absolute atomic E-state index is 0.590. The van der Waals surface area contributed by atoms with Crippen LogP contribution in [0.15, 0.2) is 42.7 Å². The summed E-state index contributed by atoms with van der Waals surface area (Å²) >= 11 is 12.0. The predicted octanol–water partition coefficient (Wildman–Crippen LogP) is 4.38. The molecule has 3 rings (SSSR count). The van der Waals surface area contributed by atoms with Gasteiger partial charge in [-0.15, -0.1) is 0 Å². The van der Waals surface area contributed by atoms with Gasteiger partial charge in [-0.2, -0.15) is 0 Å². The van der Waals surface area contributed by atoms with Gasteiger partial charge in [0.1, 0.15) is 0 Å². The van der Waals surface area contributed by atoms with Crippen LogP contribution in [0.25, 0.3) is 22.8 Å². The molecule has 0 spiro atoms. The molecule has 0 aliphatic rings. The van der Waals surface area contributed by atoms with Gasteiger partial charge in [0, 0.05) is 23.0 Å². The first-order chi connectivity index (χ1) is 8.74. The number of hydrogen-bond acceptors (Lipinski definition) is 1. The molecule has 0 radical (unpaired) electrons. The van der Waals surface area contributed by atoms with Gasteiger partial charge in [0.25, 0.3) is 0 Å². The molecule has 5 heteroatoms. The minimum Gasteiger partial charge on any atom is -0.359 e. The van der Waals surface area contributed by atoms with Crippen LogP contribution in [0.2, 0.25) is 10.0 Å². The first-order valence-electron chi connectivity index (χ1n) is 5.38. The summed E-state index contributed by atoms with van der Waals surface area (Å²) in [6.45, 7) is 0. The molecular formula is C13H9Cl2N3. The van der Waals surface area contributed by atoms with Gasteiger partial charge in [-0.05, 0) is 30.3 Å². The Morgan fingerprint density at radius 3 is 2.67 bits per heavy atom. The van der Waals surface area contributed by atoms with E-state index in [1.807, 2.05) is 30.6 Å². The summed E-state index contributed by atoms with van der Waals surface area (Å²) in [6.07, 6.45) is 3.68. The normalized spacial score (nSPS) is 10.8. The van der Waals surface area contributed by atoms with Crippen molar-refractivity contribution < 1.29 is 0 Å². The zero-order valence-electron chi connectivity index (χ0n) is 9.24. The van der Waals surface area contributed by atoms with Crippen LogP contribution in [-0.2, 0) is 0 Å². The second kappa shape index (κ2) is 4.52. The van der Waals surface area contributed by atoms with Crippen LogP contribution < -0.4 is 0 Å². The van der Waals surface area contributed by atoms with Crippen LogP contribution in [0.1, 0.15) is 0 Å². The SMILES string of the molecule is Clc1ccc(-c2c[nH]c(-c3ccc[nH]3)n2)c(Cl)c1. The third-order valence-electron chi connectivity index (χ3n) is 2.64. The van der Waals surface area contributed by atoms with E-state index in [2.05, 4.69) is 15.0 Å². The Labute approximate surface area is 114 Å². The standard InChI is InChI=1S/C13H9Cl2N3/c14-8-3-4-9(10(15)6-8)12-7-17-13(18-12)11-2-1-5-16-11/h1-7,16H,(H,17,18). The lowest BCUT2D eigenvalue weighted by molar-refractivity contribution is 1.26. The molecule has 0 amide bonds. The van der Waals surface area contributed by atoms with Crippen molar-refractivity contribution in [2.24, 2.45) is 0 Å². The van der Waals surface area contributed by atoms with Crippen LogP contribution in [-0.4, -0.2) is 15.0 Å². The Hall–Kier alpha value is -1.71. The lowest BCUT2D eigenvalue weighted by atomic mass is 10.2.